The molecule has 0 atom stereocenters. The summed E-state index contributed by atoms with van der Waals surface area (Å²) < 4.78 is 16.0. The Balaban J connectivity index is 2.23. The van der Waals surface area contributed by atoms with Gasteiger partial charge in [0.15, 0.2) is 11.5 Å². The highest BCUT2D eigenvalue weighted by molar-refractivity contribution is 6.31. The summed E-state index contributed by atoms with van der Waals surface area (Å²) in [4.78, 5) is 0. The molecule has 6 heteroatoms. The van der Waals surface area contributed by atoms with Crippen molar-refractivity contribution in [3.8, 4) is 17.2 Å². The van der Waals surface area contributed by atoms with Gasteiger partial charge in [-0.05, 0) is 36.8 Å². The molecule has 0 unspecified atom stereocenters. The highest BCUT2D eigenvalue weighted by atomic mass is 35.5. The molecule has 2 aromatic rings. The highest BCUT2D eigenvalue weighted by Gasteiger charge is 2.14. The number of rotatable bonds is 6. The monoisotopic (exact) mass is 334 g/mol. The molecule has 0 radical (unpaired) electrons. The number of aryl methyl sites for hydroxylation is 1. The average Bonchev–Trinajstić information content (AvgIpc) is 2.57. The number of halogens is 1. The Morgan fingerprint density at radius 2 is 1.74 bits per heavy atom. The number of nitrogens with one attached hydrogen (secondary N) is 1. The first kappa shape index (κ1) is 17.0. The molecule has 0 fully saturated rings. The molecule has 5 nitrogen and oxygen atoms in total. The van der Waals surface area contributed by atoms with Crippen LogP contribution in [0.25, 0.3) is 0 Å². The molecule has 0 aliphatic heterocycles. The third-order valence-electron chi connectivity index (χ3n) is 3.30. The predicted octanol–water partition coefficient (Wildman–Crippen LogP) is 4.12. The van der Waals surface area contributed by atoms with Gasteiger partial charge in [-0.3, -0.25) is 5.43 Å². The lowest BCUT2D eigenvalue weighted by atomic mass is 10.2. The number of nitrogens with zero attached hydrogens (tertiary/aromatic N) is 1. The van der Waals surface area contributed by atoms with Gasteiger partial charge < -0.3 is 14.2 Å². The number of ether oxygens (including phenoxy) is 3. The lowest BCUT2D eigenvalue weighted by Crippen LogP contribution is -1.99. The van der Waals surface area contributed by atoms with Gasteiger partial charge in [-0.1, -0.05) is 17.7 Å². The molecule has 2 aromatic carbocycles. The van der Waals surface area contributed by atoms with Crippen LogP contribution in [-0.4, -0.2) is 27.5 Å². The topological polar surface area (TPSA) is 52.1 Å². The van der Waals surface area contributed by atoms with Crippen molar-refractivity contribution in [2.24, 2.45) is 5.10 Å². The van der Waals surface area contributed by atoms with Crippen LogP contribution < -0.4 is 19.6 Å². The van der Waals surface area contributed by atoms with Gasteiger partial charge in [0.1, 0.15) is 0 Å². The van der Waals surface area contributed by atoms with E-state index in [0.717, 1.165) is 16.8 Å². The third kappa shape index (κ3) is 3.87. The zero-order valence-corrected chi connectivity index (χ0v) is 14.3. The van der Waals surface area contributed by atoms with E-state index in [-0.39, 0.29) is 0 Å². The lowest BCUT2D eigenvalue weighted by Gasteiger charge is -2.13. The van der Waals surface area contributed by atoms with Crippen molar-refractivity contribution >= 4 is 23.5 Å². The predicted molar refractivity (Wildman–Crippen MR) is 93.5 cm³/mol. The fraction of sp³-hybridized carbons (Fsp3) is 0.235. The van der Waals surface area contributed by atoms with Crippen molar-refractivity contribution in [2.75, 3.05) is 26.8 Å². The Labute approximate surface area is 140 Å². The summed E-state index contributed by atoms with van der Waals surface area (Å²) >= 11 is 6.09. The summed E-state index contributed by atoms with van der Waals surface area (Å²) in [7, 11) is 4.71. The van der Waals surface area contributed by atoms with Crippen LogP contribution in [0.1, 0.15) is 11.1 Å². The quantitative estimate of drug-likeness (QED) is 0.637. The summed E-state index contributed by atoms with van der Waals surface area (Å²) in [6.07, 6.45) is 1.65. The molecular weight excluding hydrogens is 316 g/mol. The molecule has 23 heavy (non-hydrogen) atoms. The summed E-state index contributed by atoms with van der Waals surface area (Å²) in [6.45, 7) is 1.95. The number of hydrogen-bond donors (Lipinski definition) is 1. The number of anilines is 1. The lowest BCUT2D eigenvalue weighted by molar-refractivity contribution is 0.324. The van der Waals surface area contributed by atoms with Crippen LogP contribution in [0, 0.1) is 6.92 Å². The second kappa shape index (κ2) is 7.74. The molecule has 0 saturated heterocycles. The zero-order chi connectivity index (χ0) is 16.8. The Kier molecular flexibility index (Phi) is 5.71. The summed E-state index contributed by atoms with van der Waals surface area (Å²) in [5.74, 6) is 1.68. The fourth-order valence-corrected chi connectivity index (χ4v) is 2.25. The second-order valence-corrected chi connectivity index (χ2v) is 5.16. The van der Waals surface area contributed by atoms with Crippen molar-refractivity contribution in [1.29, 1.82) is 0 Å². The van der Waals surface area contributed by atoms with Gasteiger partial charge >= 0.3 is 0 Å². The van der Waals surface area contributed by atoms with Gasteiger partial charge in [0.25, 0.3) is 0 Å². The molecule has 0 spiro atoms. The van der Waals surface area contributed by atoms with E-state index < -0.39 is 0 Å². The van der Waals surface area contributed by atoms with Crippen molar-refractivity contribution in [3.05, 3.63) is 46.5 Å². The number of hydrazone groups is 1. The minimum atomic E-state index is 0.525. The van der Waals surface area contributed by atoms with Crippen molar-refractivity contribution in [2.45, 2.75) is 6.92 Å². The summed E-state index contributed by atoms with van der Waals surface area (Å²) in [6, 6.07) is 9.29. The van der Waals surface area contributed by atoms with Crippen LogP contribution in [-0.2, 0) is 0 Å². The van der Waals surface area contributed by atoms with Crippen molar-refractivity contribution in [3.63, 3.8) is 0 Å². The molecule has 2 rings (SSSR count). The fourth-order valence-electron chi connectivity index (χ4n) is 2.06. The van der Waals surface area contributed by atoms with Crippen LogP contribution in [0.4, 0.5) is 5.69 Å². The third-order valence-corrected chi connectivity index (χ3v) is 3.71. The standard InChI is InChI=1S/C17H19ClN2O3/c1-11-5-7-13(9-14(11)18)20-19-10-12-6-8-15(21-2)17(23-4)16(12)22-3/h5-10,20H,1-4H3/b19-10-. The number of methoxy groups -OCH3 is 3. The van der Waals surface area contributed by atoms with Crippen LogP contribution in [0.15, 0.2) is 35.4 Å². The highest BCUT2D eigenvalue weighted by Crippen LogP contribution is 2.39. The number of benzene rings is 2. The van der Waals surface area contributed by atoms with E-state index in [1.807, 2.05) is 31.2 Å². The molecule has 1 N–H and O–H groups in total. The first-order valence-corrected chi connectivity index (χ1v) is 7.32. The van der Waals surface area contributed by atoms with Gasteiger partial charge in [-0.15, -0.1) is 0 Å². The maximum absolute atomic E-state index is 6.09. The first-order chi connectivity index (χ1) is 11.1. The van der Waals surface area contributed by atoms with E-state index in [2.05, 4.69) is 10.5 Å². The van der Waals surface area contributed by atoms with Crippen molar-refractivity contribution in [1.82, 2.24) is 0 Å². The SMILES string of the molecule is COc1ccc(/C=N\Nc2ccc(C)c(Cl)c2)c(OC)c1OC. The van der Waals surface area contributed by atoms with E-state index in [4.69, 9.17) is 25.8 Å². The van der Waals surface area contributed by atoms with Gasteiger partial charge in [0.2, 0.25) is 5.75 Å². The van der Waals surface area contributed by atoms with Crippen LogP contribution in [0.3, 0.4) is 0 Å². The summed E-state index contributed by atoms with van der Waals surface area (Å²) in [5, 5.41) is 4.90. The average molecular weight is 335 g/mol. The van der Waals surface area contributed by atoms with Crippen LogP contribution >= 0.6 is 11.6 Å². The largest absolute Gasteiger partial charge is 0.493 e. The van der Waals surface area contributed by atoms with Gasteiger partial charge in [0, 0.05) is 10.6 Å². The smallest absolute Gasteiger partial charge is 0.203 e. The van der Waals surface area contributed by atoms with E-state index in [1.165, 1.54) is 0 Å². The number of hydrogen-bond acceptors (Lipinski definition) is 5. The maximum atomic E-state index is 6.09. The molecule has 122 valence electrons. The van der Waals surface area contributed by atoms with Gasteiger partial charge in [-0.2, -0.15) is 5.10 Å². The first-order valence-electron chi connectivity index (χ1n) is 6.95. The van der Waals surface area contributed by atoms with E-state index in [9.17, 15) is 0 Å². The Bertz CT molecular complexity index is 717. The molecule has 0 bridgehead atoms. The van der Waals surface area contributed by atoms with E-state index in [1.54, 1.807) is 33.6 Å². The van der Waals surface area contributed by atoms with Crippen LogP contribution in [0.2, 0.25) is 5.02 Å². The second-order valence-electron chi connectivity index (χ2n) is 4.76. The Hall–Kier alpha value is -2.40. The molecule has 0 heterocycles. The molecule has 0 aromatic heterocycles. The van der Waals surface area contributed by atoms with Gasteiger partial charge in [0.05, 0.1) is 33.2 Å². The van der Waals surface area contributed by atoms with E-state index in [0.29, 0.717) is 22.3 Å². The molecule has 0 aliphatic carbocycles. The minimum Gasteiger partial charge on any atom is -0.493 e. The molecule has 0 aliphatic rings. The molecular formula is C17H19ClN2O3. The molecule has 0 amide bonds. The maximum Gasteiger partial charge on any atom is 0.203 e. The minimum absolute atomic E-state index is 0.525. The molecule has 0 saturated carbocycles. The van der Waals surface area contributed by atoms with Crippen LogP contribution in [0.5, 0.6) is 17.2 Å². The van der Waals surface area contributed by atoms with Crippen molar-refractivity contribution < 1.29 is 14.2 Å². The van der Waals surface area contributed by atoms with E-state index >= 15 is 0 Å². The summed E-state index contributed by atoms with van der Waals surface area (Å²) in [5.41, 5.74) is 5.51. The Morgan fingerprint density at radius 3 is 2.35 bits per heavy atom. The zero-order valence-electron chi connectivity index (χ0n) is 13.5. The Morgan fingerprint density at radius 1 is 1.00 bits per heavy atom. The van der Waals surface area contributed by atoms with Gasteiger partial charge in [-0.25, -0.2) is 0 Å². The normalized spacial score (nSPS) is 10.7.